The van der Waals surface area contributed by atoms with Crippen LogP contribution < -0.4 is 5.32 Å². The molecule has 0 atom stereocenters. The molecule has 1 amide bonds. The Labute approximate surface area is 106 Å². The first kappa shape index (κ1) is 10.2. The molecule has 1 aliphatic heterocycles. The Morgan fingerprint density at radius 3 is 3.12 bits per heavy atom. The molecule has 0 radical (unpaired) electrons. The summed E-state index contributed by atoms with van der Waals surface area (Å²) in [6.45, 7) is 1.41. The van der Waals surface area contributed by atoms with Crippen molar-refractivity contribution < 1.29 is 4.79 Å². The van der Waals surface area contributed by atoms with Crippen molar-refractivity contribution in [2.75, 3.05) is 6.54 Å². The molecule has 3 rings (SSSR count). The lowest BCUT2D eigenvalue weighted by atomic mass is 10.1. The first-order valence-corrected chi connectivity index (χ1v) is 6.10. The van der Waals surface area contributed by atoms with E-state index in [-0.39, 0.29) is 5.91 Å². The average molecular weight is 300 g/mol. The zero-order valence-corrected chi connectivity index (χ0v) is 10.6. The van der Waals surface area contributed by atoms with Gasteiger partial charge in [-0.15, -0.1) is 0 Å². The van der Waals surface area contributed by atoms with Crippen LogP contribution in [0.5, 0.6) is 0 Å². The quantitative estimate of drug-likeness (QED) is 0.797. The van der Waals surface area contributed by atoms with Crippen LogP contribution in [0.4, 0.5) is 0 Å². The Bertz CT molecular complexity index is 606. The molecule has 0 saturated heterocycles. The van der Waals surface area contributed by atoms with Crippen LogP contribution in [-0.2, 0) is 6.54 Å². The van der Waals surface area contributed by atoms with Gasteiger partial charge in [0.2, 0.25) is 0 Å². The second-order valence-corrected chi connectivity index (χ2v) is 4.98. The molecule has 0 spiro atoms. The number of halogens is 2. The SMILES string of the molecule is O=C1NCCn2ccc3cc(Br)c(Cl)c1c32. The topological polar surface area (TPSA) is 34.0 Å². The Balaban J connectivity index is 2.50. The summed E-state index contributed by atoms with van der Waals surface area (Å²) < 4.78 is 2.81. The maximum Gasteiger partial charge on any atom is 0.255 e. The molecule has 1 aromatic carbocycles. The van der Waals surface area contributed by atoms with Crippen LogP contribution in [0.25, 0.3) is 10.9 Å². The van der Waals surface area contributed by atoms with Crippen molar-refractivity contribution in [3.05, 3.63) is 33.4 Å². The van der Waals surface area contributed by atoms with Crippen LogP contribution in [0.1, 0.15) is 10.4 Å². The van der Waals surface area contributed by atoms with Gasteiger partial charge >= 0.3 is 0 Å². The third-order valence-electron chi connectivity index (χ3n) is 2.81. The summed E-state index contributed by atoms with van der Waals surface area (Å²) in [6, 6.07) is 3.94. The van der Waals surface area contributed by atoms with Gasteiger partial charge in [-0.1, -0.05) is 11.6 Å². The fraction of sp³-hybridized carbons (Fsp3) is 0.182. The van der Waals surface area contributed by atoms with E-state index in [2.05, 4.69) is 25.8 Å². The van der Waals surface area contributed by atoms with Crippen molar-refractivity contribution in [2.45, 2.75) is 6.54 Å². The number of benzene rings is 1. The van der Waals surface area contributed by atoms with Crippen LogP contribution >= 0.6 is 27.5 Å². The molecule has 1 aromatic heterocycles. The van der Waals surface area contributed by atoms with E-state index in [1.807, 2.05) is 18.3 Å². The van der Waals surface area contributed by atoms with Crippen molar-refractivity contribution in [1.82, 2.24) is 9.88 Å². The van der Waals surface area contributed by atoms with Crippen LogP contribution in [0.3, 0.4) is 0 Å². The van der Waals surface area contributed by atoms with Crippen LogP contribution in [0, 0.1) is 0 Å². The van der Waals surface area contributed by atoms with Gasteiger partial charge in [-0.25, -0.2) is 0 Å². The van der Waals surface area contributed by atoms with Crippen LogP contribution in [0.15, 0.2) is 22.8 Å². The van der Waals surface area contributed by atoms with Crippen molar-refractivity contribution in [3.63, 3.8) is 0 Å². The van der Waals surface area contributed by atoms with Gasteiger partial charge in [-0.3, -0.25) is 4.79 Å². The van der Waals surface area contributed by atoms with Crippen molar-refractivity contribution in [2.24, 2.45) is 0 Å². The van der Waals surface area contributed by atoms with Gasteiger partial charge in [0.05, 0.1) is 16.1 Å². The lowest BCUT2D eigenvalue weighted by molar-refractivity contribution is 0.0957. The average Bonchev–Trinajstić information content (AvgIpc) is 2.55. The lowest BCUT2D eigenvalue weighted by Crippen LogP contribution is -2.24. The summed E-state index contributed by atoms with van der Waals surface area (Å²) in [5.74, 6) is -0.103. The number of hydrogen-bond donors (Lipinski definition) is 1. The third-order valence-corrected chi connectivity index (χ3v) is 4.05. The minimum absolute atomic E-state index is 0.103. The van der Waals surface area contributed by atoms with Crippen LogP contribution in [0.2, 0.25) is 5.02 Å². The summed E-state index contributed by atoms with van der Waals surface area (Å²) in [7, 11) is 0. The van der Waals surface area contributed by atoms with E-state index < -0.39 is 0 Å². The molecule has 1 N–H and O–H groups in total. The maximum atomic E-state index is 11.9. The molecule has 0 bridgehead atoms. The summed E-state index contributed by atoms with van der Waals surface area (Å²) in [5, 5.41) is 4.35. The van der Waals surface area contributed by atoms with Gasteiger partial charge in [0.15, 0.2) is 0 Å². The third kappa shape index (κ3) is 1.30. The van der Waals surface area contributed by atoms with Gasteiger partial charge in [0.25, 0.3) is 5.91 Å². The number of nitrogens with zero attached hydrogens (tertiary/aromatic N) is 1. The number of hydrogen-bond acceptors (Lipinski definition) is 1. The molecule has 0 fully saturated rings. The molecule has 3 nitrogen and oxygen atoms in total. The molecule has 2 heterocycles. The van der Waals surface area contributed by atoms with E-state index in [1.54, 1.807) is 0 Å². The Hall–Kier alpha value is -1.000. The minimum atomic E-state index is -0.103. The van der Waals surface area contributed by atoms with E-state index in [0.29, 0.717) is 17.1 Å². The Morgan fingerprint density at radius 2 is 2.31 bits per heavy atom. The summed E-state index contributed by atoms with van der Waals surface area (Å²) in [6.07, 6.45) is 1.98. The fourth-order valence-corrected chi connectivity index (χ4v) is 2.76. The van der Waals surface area contributed by atoms with E-state index in [1.165, 1.54) is 0 Å². The molecule has 2 aromatic rings. The molecular weight excluding hydrogens is 291 g/mol. The predicted octanol–water partition coefficient (Wildman–Crippen LogP) is 2.80. The molecule has 5 heteroatoms. The predicted molar refractivity (Wildman–Crippen MR) is 67.0 cm³/mol. The largest absolute Gasteiger partial charge is 0.350 e. The van der Waals surface area contributed by atoms with Gasteiger partial charge in [-0.05, 0) is 28.1 Å². The van der Waals surface area contributed by atoms with Gasteiger partial charge in [0.1, 0.15) is 0 Å². The van der Waals surface area contributed by atoms with Crippen molar-refractivity contribution in [3.8, 4) is 0 Å². The second-order valence-electron chi connectivity index (χ2n) is 3.75. The molecule has 82 valence electrons. The maximum absolute atomic E-state index is 11.9. The van der Waals surface area contributed by atoms with Crippen molar-refractivity contribution in [1.29, 1.82) is 0 Å². The molecule has 0 unspecified atom stereocenters. The Kier molecular flexibility index (Phi) is 2.23. The monoisotopic (exact) mass is 298 g/mol. The van der Waals surface area contributed by atoms with E-state index in [9.17, 15) is 4.79 Å². The molecular formula is C11H8BrClN2O. The molecule has 1 aliphatic rings. The lowest BCUT2D eigenvalue weighted by Gasteiger charge is -2.06. The summed E-state index contributed by atoms with van der Waals surface area (Å²) >= 11 is 9.55. The first-order chi connectivity index (χ1) is 7.68. The molecule has 16 heavy (non-hydrogen) atoms. The molecule has 0 aliphatic carbocycles. The highest BCUT2D eigenvalue weighted by atomic mass is 79.9. The van der Waals surface area contributed by atoms with Gasteiger partial charge in [0, 0.05) is 29.1 Å². The highest BCUT2D eigenvalue weighted by Crippen LogP contribution is 2.34. The number of nitrogens with one attached hydrogen (secondary N) is 1. The van der Waals surface area contributed by atoms with E-state index >= 15 is 0 Å². The van der Waals surface area contributed by atoms with Crippen molar-refractivity contribution >= 4 is 44.3 Å². The highest BCUT2D eigenvalue weighted by molar-refractivity contribution is 9.10. The van der Waals surface area contributed by atoms with Gasteiger partial charge in [-0.2, -0.15) is 0 Å². The minimum Gasteiger partial charge on any atom is -0.350 e. The zero-order chi connectivity index (χ0) is 11.3. The number of rotatable bonds is 0. The Morgan fingerprint density at radius 1 is 1.50 bits per heavy atom. The van der Waals surface area contributed by atoms with Crippen LogP contribution in [-0.4, -0.2) is 17.0 Å². The number of aromatic nitrogens is 1. The number of carbonyl (C=O) groups excluding carboxylic acids is 1. The summed E-state index contributed by atoms with van der Waals surface area (Å²) in [4.78, 5) is 11.9. The standard InChI is InChI=1S/C11H8BrClN2O/c12-7-5-6-1-3-15-4-2-14-11(16)8(9(7)13)10(6)15/h1,3,5H,2,4H2,(H,14,16). The first-order valence-electron chi connectivity index (χ1n) is 4.93. The highest BCUT2D eigenvalue weighted by Gasteiger charge is 2.22. The second kappa shape index (κ2) is 3.50. The normalized spacial score (nSPS) is 15.0. The zero-order valence-electron chi connectivity index (χ0n) is 8.26. The van der Waals surface area contributed by atoms with Gasteiger partial charge < -0.3 is 9.88 Å². The van der Waals surface area contributed by atoms with E-state index in [4.69, 9.17) is 11.6 Å². The van der Waals surface area contributed by atoms with E-state index in [0.717, 1.165) is 21.9 Å². The smallest absolute Gasteiger partial charge is 0.255 e. The molecule has 0 saturated carbocycles. The fourth-order valence-electron chi connectivity index (χ4n) is 2.09. The number of amides is 1. The summed E-state index contributed by atoms with van der Waals surface area (Å²) in [5.41, 5.74) is 1.48. The number of carbonyl (C=O) groups is 1.